The van der Waals surface area contributed by atoms with E-state index >= 15 is 0 Å². The molecule has 1 amide bonds. The fraction of sp³-hybridized carbons (Fsp3) is 0.143. The first-order valence-electron chi connectivity index (χ1n) is 11.4. The van der Waals surface area contributed by atoms with Gasteiger partial charge in [-0.1, -0.05) is 30.3 Å². The van der Waals surface area contributed by atoms with Crippen LogP contribution >= 0.6 is 0 Å². The fourth-order valence-electron chi connectivity index (χ4n) is 3.48. The molecule has 36 heavy (non-hydrogen) atoms. The van der Waals surface area contributed by atoms with Gasteiger partial charge in [-0.2, -0.15) is 5.10 Å². The minimum atomic E-state index is -0.334. The van der Waals surface area contributed by atoms with E-state index in [1.54, 1.807) is 49.6 Å². The van der Waals surface area contributed by atoms with E-state index in [1.807, 2.05) is 42.5 Å². The number of ketones is 1. The Hall–Kier alpha value is -4.72. The summed E-state index contributed by atoms with van der Waals surface area (Å²) in [6, 6.07) is 26.1. The average Bonchev–Trinajstić information content (AvgIpc) is 2.93. The van der Waals surface area contributed by atoms with Crippen LogP contribution in [0.5, 0.6) is 11.5 Å². The molecule has 8 heteroatoms. The van der Waals surface area contributed by atoms with Crippen LogP contribution in [-0.2, 0) is 11.3 Å². The third kappa shape index (κ3) is 6.24. The predicted octanol–water partition coefficient (Wildman–Crippen LogP) is 3.35. The molecule has 8 nitrogen and oxygen atoms in total. The first kappa shape index (κ1) is 24.4. The van der Waals surface area contributed by atoms with Crippen molar-refractivity contribution in [2.24, 2.45) is 0 Å². The van der Waals surface area contributed by atoms with Gasteiger partial charge in [0.25, 0.3) is 11.5 Å². The summed E-state index contributed by atoms with van der Waals surface area (Å²) < 4.78 is 12.0. The maximum atomic E-state index is 12.5. The van der Waals surface area contributed by atoms with Gasteiger partial charge in [-0.05, 0) is 54.6 Å². The van der Waals surface area contributed by atoms with Crippen LogP contribution in [0.25, 0.3) is 11.3 Å². The largest absolute Gasteiger partial charge is 0.497 e. The molecular formula is C28H25N3O5. The number of carbonyl (C=O) groups is 2. The molecule has 0 aliphatic rings. The van der Waals surface area contributed by atoms with E-state index < -0.39 is 0 Å². The molecule has 0 aliphatic carbocycles. The topological polar surface area (TPSA) is 99.5 Å². The molecule has 182 valence electrons. The Bertz CT molecular complexity index is 1380. The zero-order chi connectivity index (χ0) is 25.3. The standard InChI is InChI=1S/C28H25N3O5/c1-35-23-11-7-20(8-12-23)25-15-16-27(33)31(30-25)18-17-29-26(32)19-36-24-13-9-22(10-14-24)28(34)21-5-3-2-4-6-21/h2-16H,17-19H2,1H3,(H,29,32). The van der Waals surface area contributed by atoms with Crippen molar-refractivity contribution in [3.8, 4) is 22.8 Å². The first-order valence-corrected chi connectivity index (χ1v) is 11.4. The Balaban J connectivity index is 1.26. The third-order valence-electron chi connectivity index (χ3n) is 5.42. The lowest BCUT2D eigenvalue weighted by Gasteiger charge is -2.10. The summed E-state index contributed by atoms with van der Waals surface area (Å²) in [5, 5.41) is 7.11. The Kier molecular flexibility index (Phi) is 7.87. The number of benzene rings is 3. The molecule has 4 rings (SSSR count). The number of aromatic nitrogens is 2. The van der Waals surface area contributed by atoms with Gasteiger partial charge in [0, 0.05) is 29.3 Å². The van der Waals surface area contributed by atoms with Crippen LogP contribution in [0, 0.1) is 0 Å². The van der Waals surface area contributed by atoms with Crippen LogP contribution in [0.3, 0.4) is 0 Å². The number of nitrogens with one attached hydrogen (secondary N) is 1. The minimum absolute atomic E-state index is 0.0835. The predicted molar refractivity (Wildman–Crippen MR) is 135 cm³/mol. The Morgan fingerprint density at radius 3 is 2.19 bits per heavy atom. The Morgan fingerprint density at radius 1 is 0.833 bits per heavy atom. The lowest BCUT2D eigenvalue weighted by molar-refractivity contribution is -0.123. The van der Waals surface area contributed by atoms with Crippen LogP contribution in [0.15, 0.2) is 95.8 Å². The normalized spacial score (nSPS) is 10.5. The van der Waals surface area contributed by atoms with Crippen molar-refractivity contribution < 1.29 is 19.1 Å². The summed E-state index contributed by atoms with van der Waals surface area (Å²) >= 11 is 0. The quantitative estimate of drug-likeness (QED) is 0.347. The molecular weight excluding hydrogens is 458 g/mol. The maximum absolute atomic E-state index is 12.5. The van der Waals surface area contributed by atoms with Crippen molar-refractivity contribution in [3.63, 3.8) is 0 Å². The smallest absolute Gasteiger partial charge is 0.266 e. The second-order valence-electron chi connectivity index (χ2n) is 7.87. The fourth-order valence-corrected chi connectivity index (χ4v) is 3.48. The SMILES string of the molecule is COc1ccc(-c2ccc(=O)n(CCNC(=O)COc3ccc(C(=O)c4ccccc4)cc3)n2)cc1. The second-order valence-corrected chi connectivity index (χ2v) is 7.87. The molecule has 1 aromatic heterocycles. The van der Waals surface area contributed by atoms with Gasteiger partial charge in [0.1, 0.15) is 11.5 Å². The molecule has 0 saturated heterocycles. The molecule has 0 aliphatic heterocycles. The third-order valence-corrected chi connectivity index (χ3v) is 5.42. The van der Waals surface area contributed by atoms with Crippen LogP contribution in [-0.4, -0.2) is 41.7 Å². The van der Waals surface area contributed by atoms with Crippen molar-refractivity contribution >= 4 is 11.7 Å². The Morgan fingerprint density at radius 2 is 1.50 bits per heavy atom. The van der Waals surface area contributed by atoms with E-state index in [0.29, 0.717) is 22.6 Å². The van der Waals surface area contributed by atoms with E-state index in [1.165, 1.54) is 10.7 Å². The molecule has 1 heterocycles. The number of carbonyl (C=O) groups excluding carboxylic acids is 2. The summed E-state index contributed by atoms with van der Waals surface area (Å²) in [5.74, 6) is 0.784. The van der Waals surface area contributed by atoms with E-state index in [9.17, 15) is 14.4 Å². The van der Waals surface area contributed by atoms with E-state index in [-0.39, 0.29) is 36.9 Å². The monoisotopic (exact) mass is 483 g/mol. The summed E-state index contributed by atoms with van der Waals surface area (Å²) in [6.07, 6.45) is 0. The van der Waals surface area contributed by atoms with Crippen molar-refractivity contribution in [3.05, 3.63) is 112 Å². The molecule has 4 aromatic rings. The van der Waals surface area contributed by atoms with Crippen LogP contribution < -0.4 is 20.3 Å². The average molecular weight is 484 g/mol. The zero-order valence-electron chi connectivity index (χ0n) is 19.7. The summed E-state index contributed by atoms with van der Waals surface area (Å²) in [5.41, 5.74) is 2.36. The highest BCUT2D eigenvalue weighted by Crippen LogP contribution is 2.19. The molecule has 0 unspecified atom stereocenters. The minimum Gasteiger partial charge on any atom is -0.497 e. The lowest BCUT2D eigenvalue weighted by atomic mass is 10.0. The number of hydrogen-bond donors (Lipinski definition) is 1. The molecule has 0 spiro atoms. The molecule has 0 atom stereocenters. The summed E-state index contributed by atoms with van der Waals surface area (Å²) in [4.78, 5) is 36.8. The van der Waals surface area contributed by atoms with Crippen molar-refractivity contribution in [1.29, 1.82) is 0 Å². The van der Waals surface area contributed by atoms with Crippen molar-refractivity contribution in [2.45, 2.75) is 6.54 Å². The molecule has 1 N–H and O–H groups in total. The highest BCUT2D eigenvalue weighted by Gasteiger charge is 2.09. The number of methoxy groups -OCH3 is 1. The van der Waals surface area contributed by atoms with Crippen LogP contribution in [0.4, 0.5) is 0 Å². The van der Waals surface area contributed by atoms with Gasteiger partial charge in [-0.25, -0.2) is 4.68 Å². The van der Waals surface area contributed by atoms with Gasteiger partial charge in [-0.15, -0.1) is 0 Å². The van der Waals surface area contributed by atoms with Crippen LogP contribution in [0.2, 0.25) is 0 Å². The summed E-state index contributed by atoms with van der Waals surface area (Å²) in [6.45, 7) is 0.233. The second kappa shape index (κ2) is 11.6. The van der Waals surface area contributed by atoms with Gasteiger partial charge in [0.15, 0.2) is 12.4 Å². The van der Waals surface area contributed by atoms with Gasteiger partial charge in [-0.3, -0.25) is 14.4 Å². The van der Waals surface area contributed by atoms with E-state index in [0.717, 1.165) is 11.3 Å². The number of rotatable bonds is 10. The van der Waals surface area contributed by atoms with Crippen molar-refractivity contribution in [2.75, 3.05) is 20.3 Å². The molecule has 0 saturated carbocycles. The number of hydrogen-bond acceptors (Lipinski definition) is 6. The molecule has 3 aromatic carbocycles. The van der Waals surface area contributed by atoms with Crippen molar-refractivity contribution in [1.82, 2.24) is 15.1 Å². The van der Waals surface area contributed by atoms with Gasteiger partial charge >= 0.3 is 0 Å². The van der Waals surface area contributed by atoms with E-state index in [2.05, 4.69) is 10.4 Å². The molecule has 0 bridgehead atoms. The van der Waals surface area contributed by atoms with E-state index in [4.69, 9.17) is 9.47 Å². The maximum Gasteiger partial charge on any atom is 0.266 e. The lowest BCUT2D eigenvalue weighted by Crippen LogP contribution is -2.34. The highest BCUT2D eigenvalue weighted by molar-refractivity contribution is 6.09. The molecule has 0 radical (unpaired) electrons. The molecule has 0 fully saturated rings. The zero-order valence-corrected chi connectivity index (χ0v) is 19.7. The highest BCUT2D eigenvalue weighted by atomic mass is 16.5. The number of amides is 1. The number of ether oxygens (including phenoxy) is 2. The van der Waals surface area contributed by atoms with Gasteiger partial charge in [0.05, 0.1) is 19.3 Å². The number of nitrogens with zero attached hydrogens (tertiary/aromatic N) is 2. The van der Waals surface area contributed by atoms with Crippen LogP contribution in [0.1, 0.15) is 15.9 Å². The van der Waals surface area contributed by atoms with Gasteiger partial charge in [0.2, 0.25) is 0 Å². The first-order chi connectivity index (χ1) is 17.5. The summed E-state index contributed by atoms with van der Waals surface area (Å²) in [7, 11) is 1.59. The Labute approximate surface area is 208 Å². The van der Waals surface area contributed by atoms with Gasteiger partial charge < -0.3 is 14.8 Å².